The minimum Gasteiger partial charge on any atom is -0.481 e. The zero-order valence-electron chi connectivity index (χ0n) is 31.6. The monoisotopic (exact) mass is 666 g/mol. The molecule has 0 aliphatic carbocycles. The molecule has 0 aromatic rings. The number of aliphatic carboxylic acids is 1. The van der Waals surface area contributed by atoms with Gasteiger partial charge in [-0.3, -0.25) is 9.59 Å². The van der Waals surface area contributed by atoms with Gasteiger partial charge in [0.25, 0.3) is 0 Å². The van der Waals surface area contributed by atoms with Gasteiger partial charge in [0.15, 0.2) is 0 Å². The molecule has 0 aliphatic rings. The van der Waals surface area contributed by atoms with Crippen molar-refractivity contribution >= 4 is 17.8 Å². The third-order valence-corrected chi connectivity index (χ3v) is 9.44. The summed E-state index contributed by atoms with van der Waals surface area (Å²) >= 11 is 0. The smallest absolute Gasteiger partial charge is 0.328 e. The second-order valence-corrected chi connectivity index (χ2v) is 14.7. The Morgan fingerprint density at radius 2 is 0.894 bits per heavy atom. The van der Waals surface area contributed by atoms with Crippen molar-refractivity contribution in [3.8, 4) is 0 Å². The molecule has 47 heavy (non-hydrogen) atoms. The Hall–Kier alpha value is -1.59. The van der Waals surface area contributed by atoms with Crippen molar-refractivity contribution in [1.82, 2.24) is 5.32 Å². The average molecular weight is 666 g/mol. The highest BCUT2D eigenvalue weighted by Gasteiger charge is 2.23. The van der Waals surface area contributed by atoms with E-state index < -0.39 is 18.0 Å². The van der Waals surface area contributed by atoms with Crippen LogP contribution < -0.4 is 5.32 Å². The Labute approximate surface area is 291 Å². The summed E-state index contributed by atoms with van der Waals surface area (Å²) in [6.45, 7) is 7.20. The Morgan fingerprint density at radius 1 is 0.511 bits per heavy atom. The van der Waals surface area contributed by atoms with Crippen LogP contribution in [0.1, 0.15) is 226 Å². The number of carboxylic acid groups (broad SMARTS) is 1. The molecule has 1 amide bonds. The van der Waals surface area contributed by atoms with Gasteiger partial charge < -0.3 is 15.2 Å². The molecule has 0 aromatic carbocycles. The van der Waals surface area contributed by atoms with Crippen LogP contribution in [0.2, 0.25) is 0 Å². The predicted molar refractivity (Wildman–Crippen MR) is 199 cm³/mol. The fourth-order valence-corrected chi connectivity index (χ4v) is 6.31. The molecule has 0 radical (unpaired) electrons. The van der Waals surface area contributed by atoms with Gasteiger partial charge in [-0.1, -0.05) is 194 Å². The molecule has 0 rings (SSSR count). The maximum Gasteiger partial charge on any atom is 0.328 e. The van der Waals surface area contributed by atoms with E-state index in [0.29, 0.717) is 13.0 Å². The molecule has 0 aliphatic heterocycles. The van der Waals surface area contributed by atoms with Gasteiger partial charge in [0.2, 0.25) is 5.91 Å². The van der Waals surface area contributed by atoms with Crippen molar-refractivity contribution in [2.45, 2.75) is 232 Å². The number of carbonyl (C=O) groups is 3. The van der Waals surface area contributed by atoms with Crippen molar-refractivity contribution in [3.63, 3.8) is 0 Å². The van der Waals surface area contributed by atoms with Gasteiger partial charge in [0, 0.05) is 12.8 Å². The van der Waals surface area contributed by atoms with Crippen LogP contribution >= 0.6 is 0 Å². The number of unbranched alkanes of at least 4 members (excludes halogenated alkanes) is 26. The second kappa shape index (κ2) is 35.7. The SMILES string of the molecule is CCCCCCCCCCCCCCCCCCCC(=O)N[C@@H](CCC(=O)O)C(=O)OCCCCCCCCCCCCCC(C)C. The molecule has 2 N–H and O–H groups in total. The van der Waals surface area contributed by atoms with Gasteiger partial charge in [-0.15, -0.1) is 0 Å². The summed E-state index contributed by atoms with van der Waals surface area (Å²) in [5.74, 6) is -0.841. The van der Waals surface area contributed by atoms with E-state index >= 15 is 0 Å². The van der Waals surface area contributed by atoms with E-state index in [0.717, 1.165) is 44.4 Å². The molecule has 0 saturated heterocycles. The first kappa shape index (κ1) is 45.4. The summed E-state index contributed by atoms with van der Waals surface area (Å²) in [6.07, 6.45) is 37.2. The first-order chi connectivity index (χ1) is 22.9. The molecule has 278 valence electrons. The number of hydrogen-bond acceptors (Lipinski definition) is 4. The number of hydrogen-bond donors (Lipinski definition) is 2. The van der Waals surface area contributed by atoms with Gasteiger partial charge in [-0.05, 0) is 25.2 Å². The van der Waals surface area contributed by atoms with Crippen molar-refractivity contribution in [3.05, 3.63) is 0 Å². The molecule has 6 nitrogen and oxygen atoms in total. The molecular formula is C41H79NO5. The number of nitrogens with one attached hydrogen (secondary N) is 1. The van der Waals surface area contributed by atoms with Gasteiger partial charge in [-0.2, -0.15) is 0 Å². The van der Waals surface area contributed by atoms with E-state index in [9.17, 15) is 14.4 Å². The summed E-state index contributed by atoms with van der Waals surface area (Å²) in [7, 11) is 0. The van der Waals surface area contributed by atoms with Crippen molar-refractivity contribution in [2.75, 3.05) is 6.61 Å². The van der Waals surface area contributed by atoms with Gasteiger partial charge in [0.1, 0.15) is 6.04 Å². The van der Waals surface area contributed by atoms with Crippen molar-refractivity contribution in [2.24, 2.45) is 5.92 Å². The van der Waals surface area contributed by atoms with Gasteiger partial charge >= 0.3 is 11.9 Å². The fraction of sp³-hybridized carbons (Fsp3) is 0.927. The summed E-state index contributed by atoms with van der Waals surface area (Å²) < 4.78 is 5.44. The van der Waals surface area contributed by atoms with Crippen LogP contribution in [0.25, 0.3) is 0 Å². The summed E-state index contributed by atoms with van der Waals surface area (Å²) in [4.78, 5) is 36.2. The van der Waals surface area contributed by atoms with E-state index in [1.54, 1.807) is 0 Å². The van der Waals surface area contributed by atoms with E-state index in [1.807, 2.05) is 0 Å². The molecule has 0 spiro atoms. The first-order valence-corrected chi connectivity index (χ1v) is 20.5. The fourth-order valence-electron chi connectivity index (χ4n) is 6.31. The molecule has 1 atom stereocenters. The number of esters is 1. The lowest BCUT2D eigenvalue weighted by atomic mass is 10.0. The molecule has 0 aromatic heterocycles. The van der Waals surface area contributed by atoms with E-state index in [1.165, 1.54) is 148 Å². The number of rotatable bonds is 37. The molecule has 0 saturated carbocycles. The van der Waals surface area contributed by atoms with E-state index in [4.69, 9.17) is 9.84 Å². The van der Waals surface area contributed by atoms with Gasteiger partial charge in [0.05, 0.1) is 6.61 Å². The second-order valence-electron chi connectivity index (χ2n) is 14.7. The van der Waals surface area contributed by atoms with Crippen LogP contribution in [0.15, 0.2) is 0 Å². The number of carbonyl (C=O) groups excluding carboxylic acids is 2. The molecule has 0 bridgehead atoms. The van der Waals surface area contributed by atoms with Crippen LogP contribution in [0.3, 0.4) is 0 Å². The van der Waals surface area contributed by atoms with Crippen LogP contribution in [0.5, 0.6) is 0 Å². The maximum atomic E-state index is 12.6. The third-order valence-electron chi connectivity index (χ3n) is 9.44. The largest absolute Gasteiger partial charge is 0.481 e. The summed E-state index contributed by atoms with van der Waals surface area (Å²) in [5.41, 5.74) is 0. The van der Waals surface area contributed by atoms with Crippen LogP contribution in [-0.2, 0) is 19.1 Å². The lowest BCUT2D eigenvalue weighted by Gasteiger charge is -2.17. The topological polar surface area (TPSA) is 92.7 Å². The highest BCUT2D eigenvalue weighted by atomic mass is 16.5. The third kappa shape index (κ3) is 35.5. The van der Waals surface area contributed by atoms with E-state index in [-0.39, 0.29) is 18.7 Å². The maximum absolute atomic E-state index is 12.6. The Balaban J connectivity index is 3.80. The lowest BCUT2D eigenvalue weighted by molar-refractivity contribution is -0.148. The zero-order valence-corrected chi connectivity index (χ0v) is 31.6. The molecule has 6 heteroatoms. The average Bonchev–Trinajstić information content (AvgIpc) is 3.04. The zero-order chi connectivity index (χ0) is 34.6. The number of carboxylic acids is 1. The van der Waals surface area contributed by atoms with Crippen LogP contribution in [-0.4, -0.2) is 35.6 Å². The highest BCUT2D eigenvalue weighted by molar-refractivity contribution is 5.84. The number of amides is 1. The quantitative estimate of drug-likeness (QED) is 0.0509. The molecule has 0 unspecified atom stereocenters. The summed E-state index contributed by atoms with van der Waals surface area (Å²) in [5, 5.41) is 11.8. The Kier molecular flexibility index (Phi) is 34.5. The van der Waals surface area contributed by atoms with Gasteiger partial charge in [-0.25, -0.2) is 4.79 Å². The van der Waals surface area contributed by atoms with Crippen molar-refractivity contribution in [1.29, 1.82) is 0 Å². The Bertz CT molecular complexity index is 710. The normalized spacial score (nSPS) is 12.0. The first-order valence-electron chi connectivity index (χ1n) is 20.5. The predicted octanol–water partition coefficient (Wildman–Crippen LogP) is 12.3. The minimum absolute atomic E-state index is 0.0662. The van der Waals surface area contributed by atoms with Crippen LogP contribution in [0, 0.1) is 5.92 Å². The lowest BCUT2D eigenvalue weighted by Crippen LogP contribution is -2.42. The minimum atomic E-state index is -0.976. The molecule has 0 fully saturated rings. The Morgan fingerprint density at radius 3 is 1.30 bits per heavy atom. The highest BCUT2D eigenvalue weighted by Crippen LogP contribution is 2.16. The standard InChI is InChI=1S/C41H79NO5/c1-4-5-6-7-8-9-10-11-12-13-14-15-18-21-24-27-30-33-39(43)42-38(34-35-40(44)45)41(46)47-36-31-28-25-22-19-16-17-20-23-26-29-32-37(2)3/h37-38H,4-36H2,1-3H3,(H,42,43)(H,44,45)/t38-/m0/s1. The van der Waals surface area contributed by atoms with Crippen molar-refractivity contribution < 1.29 is 24.2 Å². The number of ether oxygens (including phenoxy) is 1. The van der Waals surface area contributed by atoms with Crippen LogP contribution in [0.4, 0.5) is 0 Å². The molecule has 0 heterocycles. The summed E-state index contributed by atoms with van der Waals surface area (Å²) in [6, 6.07) is -0.880. The van der Waals surface area contributed by atoms with E-state index in [2.05, 4.69) is 26.1 Å². The molecular weight excluding hydrogens is 586 g/mol.